The Morgan fingerprint density at radius 3 is 2.58 bits per heavy atom. The Morgan fingerprint density at radius 1 is 1.05 bits per heavy atom. The predicted octanol–water partition coefficient (Wildman–Crippen LogP) is 5.03. The highest BCUT2D eigenvalue weighted by molar-refractivity contribution is 6.33. The summed E-state index contributed by atoms with van der Waals surface area (Å²) >= 11 is 6.49. The number of amides is 1. The Hall–Kier alpha value is -2.94. The zero-order chi connectivity index (χ0) is 27.0. The first-order valence-electron chi connectivity index (χ1n) is 13.1. The molecule has 10 heteroatoms. The van der Waals surface area contributed by atoms with Gasteiger partial charge in [0, 0.05) is 38.4 Å². The van der Waals surface area contributed by atoms with E-state index < -0.39 is 17.7 Å². The van der Waals surface area contributed by atoms with Crippen molar-refractivity contribution in [3.05, 3.63) is 58.6 Å². The second-order valence-electron chi connectivity index (χ2n) is 10.2. The summed E-state index contributed by atoms with van der Waals surface area (Å²) in [5.41, 5.74) is 1.43. The molecule has 0 aliphatic carbocycles. The summed E-state index contributed by atoms with van der Waals surface area (Å²) in [5, 5.41) is 0.614. The highest BCUT2D eigenvalue weighted by Crippen LogP contribution is 2.41. The van der Waals surface area contributed by atoms with Gasteiger partial charge in [-0.25, -0.2) is 0 Å². The largest absolute Gasteiger partial charge is 0.466 e. The average molecular weight is 550 g/mol. The number of para-hydroxylation sites is 1. The zero-order valence-electron chi connectivity index (χ0n) is 21.2. The number of piperazine rings is 1. The third-order valence-electron chi connectivity index (χ3n) is 7.90. The molecule has 0 bridgehead atoms. The van der Waals surface area contributed by atoms with Gasteiger partial charge in [0.25, 0.3) is 0 Å². The van der Waals surface area contributed by atoms with E-state index in [0.717, 1.165) is 17.4 Å². The van der Waals surface area contributed by atoms with E-state index in [1.54, 1.807) is 11.8 Å². The van der Waals surface area contributed by atoms with Crippen LogP contribution in [0.1, 0.15) is 30.9 Å². The molecule has 1 amide bonds. The smallest absolute Gasteiger partial charge is 0.416 e. The molecule has 3 heterocycles. The monoisotopic (exact) mass is 549 g/mol. The average Bonchev–Trinajstić information content (AvgIpc) is 2.91. The topological polar surface area (TPSA) is 53.1 Å². The van der Waals surface area contributed by atoms with Gasteiger partial charge in [-0.2, -0.15) is 13.2 Å². The molecule has 3 aliphatic rings. The number of rotatable bonds is 4. The van der Waals surface area contributed by atoms with Crippen LogP contribution in [0.25, 0.3) is 0 Å². The molecule has 6 nitrogen and oxygen atoms in total. The second kappa shape index (κ2) is 10.7. The highest BCUT2D eigenvalue weighted by Gasteiger charge is 2.45. The van der Waals surface area contributed by atoms with Gasteiger partial charge in [0.05, 0.1) is 40.8 Å². The summed E-state index contributed by atoms with van der Waals surface area (Å²) in [4.78, 5) is 32.4. The van der Waals surface area contributed by atoms with Crippen molar-refractivity contribution in [1.29, 1.82) is 0 Å². The molecule has 2 fully saturated rings. The van der Waals surface area contributed by atoms with Crippen LogP contribution >= 0.6 is 11.6 Å². The van der Waals surface area contributed by atoms with E-state index in [9.17, 15) is 22.8 Å². The lowest BCUT2D eigenvalue weighted by Gasteiger charge is -2.50. The lowest BCUT2D eigenvalue weighted by molar-refractivity contribution is -0.152. The lowest BCUT2D eigenvalue weighted by Crippen LogP contribution is -2.62. The third kappa shape index (κ3) is 5.17. The minimum absolute atomic E-state index is 0.127. The van der Waals surface area contributed by atoms with E-state index in [1.165, 1.54) is 12.1 Å². The number of fused-ring (bicyclic) bond motifs is 3. The number of esters is 1. The Labute approximate surface area is 225 Å². The number of carbonyl (C=O) groups is 2. The fourth-order valence-electron chi connectivity index (χ4n) is 6.08. The minimum Gasteiger partial charge on any atom is -0.466 e. The number of nitrogens with zero attached hydrogens (tertiary/aromatic N) is 3. The van der Waals surface area contributed by atoms with Crippen molar-refractivity contribution >= 4 is 34.9 Å². The van der Waals surface area contributed by atoms with Crippen LogP contribution in [0.15, 0.2) is 42.5 Å². The highest BCUT2D eigenvalue weighted by atomic mass is 35.5. The molecule has 0 aromatic heterocycles. The number of carbonyl (C=O) groups excluding carboxylic acids is 2. The molecule has 2 aromatic carbocycles. The Morgan fingerprint density at radius 2 is 1.84 bits per heavy atom. The molecule has 3 atom stereocenters. The molecule has 0 spiro atoms. The fourth-order valence-corrected chi connectivity index (χ4v) is 6.33. The molecular formula is C28H31ClF3N3O3. The number of piperidine rings is 1. The molecule has 0 N–H and O–H groups in total. The van der Waals surface area contributed by atoms with Crippen molar-refractivity contribution in [2.45, 2.75) is 38.4 Å². The van der Waals surface area contributed by atoms with Crippen molar-refractivity contribution < 1.29 is 27.5 Å². The van der Waals surface area contributed by atoms with Gasteiger partial charge in [0.15, 0.2) is 0 Å². The Bertz CT molecular complexity index is 1210. The predicted molar refractivity (Wildman–Crippen MR) is 139 cm³/mol. The number of alkyl halides is 3. The third-order valence-corrected chi connectivity index (χ3v) is 8.22. The van der Waals surface area contributed by atoms with E-state index >= 15 is 0 Å². The maximum absolute atomic E-state index is 14.0. The van der Waals surface area contributed by atoms with Crippen molar-refractivity contribution in [3.8, 4) is 0 Å². The Kier molecular flexibility index (Phi) is 7.49. The molecule has 3 unspecified atom stereocenters. The number of halogens is 4. The summed E-state index contributed by atoms with van der Waals surface area (Å²) in [7, 11) is 0. The van der Waals surface area contributed by atoms with E-state index in [-0.39, 0.29) is 43.4 Å². The van der Waals surface area contributed by atoms with Crippen molar-refractivity contribution in [3.63, 3.8) is 0 Å². The molecule has 204 valence electrons. The van der Waals surface area contributed by atoms with Crippen LogP contribution in [0.2, 0.25) is 5.02 Å². The van der Waals surface area contributed by atoms with Crippen molar-refractivity contribution in [2.75, 3.05) is 49.1 Å². The maximum atomic E-state index is 14.0. The number of benzene rings is 2. The van der Waals surface area contributed by atoms with Crippen LogP contribution < -0.4 is 9.80 Å². The van der Waals surface area contributed by atoms with Crippen LogP contribution in [-0.4, -0.2) is 62.1 Å². The first-order valence-corrected chi connectivity index (χ1v) is 13.5. The van der Waals surface area contributed by atoms with Crippen LogP contribution in [0.3, 0.4) is 0 Å². The van der Waals surface area contributed by atoms with E-state index in [0.29, 0.717) is 49.6 Å². The normalized spacial score (nSPS) is 23.5. The standard InChI is InChI=1S/C28H31ClF3N3O3/c1-2-38-27(37)18-6-5-11-34(16-18)26(36)21-15-19-14-20(28(30,31)32)9-10-23(19)35-13-12-33(17-25(21)35)24-8-4-3-7-22(24)29/h3-4,7-10,14,18,21,25H,2,5-6,11-13,15-17H2,1H3. The number of hydrogen-bond donors (Lipinski definition) is 0. The van der Waals surface area contributed by atoms with Gasteiger partial charge in [0.2, 0.25) is 5.91 Å². The number of ether oxygens (including phenoxy) is 1. The minimum atomic E-state index is -4.46. The van der Waals surface area contributed by atoms with Gasteiger partial charge >= 0.3 is 12.1 Å². The molecule has 3 aliphatic heterocycles. The van der Waals surface area contributed by atoms with Gasteiger partial charge in [-0.3, -0.25) is 9.59 Å². The van der Waals surface area contributed by atoms with Crippen LogP contribution in [0.5, 0.6) is 0 Å². The SMILES string of the molecule is CCOC(=O)C1CCCN(C(=O)C2Cc3cc(C(F)(F)F)ccc3N3CCN(c4ccccc4Cl)CC23)C1. The molecule has 5 rings (SSSR count). The van der Waals surface area contributed by atoms with E-state index in [1.807, 2.05) is 24.3 Å². The summed E-state index contributed by atoms with van der Waals surface area (Å²) in [6.07, 6.45) is -2.93. The first-order chi connectivity index (χ1) is 18.2. The summed E-state index contributed by atoms with van der Waals surface area (Å²) in [6, 6.07) is 11.1. The van der Waals surface area contributed by atoms with E-state index in [4.69, 9.17) is 16.3 Å². The molecule has 38 heavy (non-hydrogen) atoms. The lowest BCUT2D eigenvalue weighted by atomic mass is 9.81. The van der Waals surface area contributed by atoms with Gasteiger partial charge in [-0.15, -0.1) is 0 Å². The van der Waals surface area contributed by atoms with E-state index in [2.05, 4.69) is 9.80 Å². The molecule has 0 saturated carbocycles. The maximum Gasteiger partial charge on any atom is 0.416 e. The van der Waals surface area contributed by atoms with Gasteiger partial charge in [0.1, 0.15) is 0 Å². The molecular weight excluding hydrogens is 519 g/mol. The quantitative estimate of drug-likeness (QED) is 0.501. The number of hydrogen-bond acceptors (Lipinski definition) is 5. The first kappa shape index (κ1) is 26.7. The van der Waals surface area contributed by atoms with Crippen LogP contribution in [0, 0.1) is 11.8 Å². The zero-order valence-corrected chi connectivity index (χ0v) is 22.0. The summed E-state index contributed by atoms with van der Waals surface area (Å²) < 4.78 is 45.8. The van der Waals surface area contributed by atoms with Crippen LogP contribution in [-0.2, 0) is 26.9 Å². The molecule has 2 aromatic rings. The Balaban J connectivity index is 1.47. The summed E-state index contributed by atoms with van der Waals surface area (Å²) in [5.74, 6) is -1.38. The van der Waals surface area contributed by atoms with Crippen molar-refractivity contribution in [1.82, 2.24) is 4.90 Å². The van der Waals surface area contributed by atoms with Gasteiger partial charge < -0.3 is 19.4 Å². The summed E-state index contributed by atoms with van der Waals surface area (Å²) in [6.45, 7) is 4.49. The second-order valence-corrected chi connectivity index (χ2v) is 10.6. The number of anilines is 2. The molecule has 2 saturated heterocycles. The number of likely N-dealkylation sites (tertiary alicyclic amines) is 1. The van der Waals surface area contributed by atoms with Crippen LogP contribution in [0.4, 0.5) is 24.5 Å². The molecule has 0 radical (unpaired) electrons. The van der Waals surface area contributed by atoms with Gasteiger partial charge in [-0.05, 0) is 62.1 Å². The van der Waals surface area contributed by atoms with Gasteiger partial charge in [-0.1, -0.05) is 23.7 Å². The van der Waals surface area contributed by atoms with Crippen molar-refractivity contribution in [2.24, 2.45) is 11.8 Å². The fraction of sp³-hybridized carbons (Fsp3) is 0.500.